The molecular weight excluding hydrogens is 493 g/mol. The van der Waals surface area contributed by atoms with Crippen LogP contribution in [0.25, 0.3) is 0 Å². The number of rotatable bonds is 11. The highest BCUT2D eigenvalue weighted by molar-refractivity contribution is 5.97. The van der Waals surface area contributed by atoms with Gasteiger partial charge in [0.15, 0.2) is 5.69 Å². The molecule has 1 heterocycles. The lowest BCUT2D eigenvalue weighted by atomic mass is 10.1. The first-order valence-electron chi connectivity index (χ1n) is 11.2. The number of halogens is 3. The van der Waals surface area contributed by atoms with Crippen LogP contribution in [-0.4, -0.2) is 38.9 Å². The lowest BCUT2D eigenvalue weighted by Gasteiger charge is -2.19. The van der Waals surface area contributed by atoms with Crippen molar-refractivity contribution in [3.05, 3.63) is 70.9 Å². The first-order valence-corrected chi connectivity index (χ1v) is 11.2. The molecule has 0 aliphatic rings. The molecule has 8 nitrogen and oxygen atoms in total. The van der Waals surface area contributed by atoms with Crippen LogP contribution in [0, 0.1) is 0 Å². The first kappa shape index (κ1) is 27.4. The van der Waals surface area contributed by atoms with E-state index in [1.54, 1.807) is 49.4 Å². The van der Waals surface area contributed by atoms with Gasteiger partial charge in [-0.3, -0.25) is 0 Å². The molecule has 0 fully saturated rings. The first-order chi connectivity index (χ1) is 17.7. The Morgan fingerprint density at radius 3 is 2.19 bits per heavy atom. The molecule has 0 atom stereocenters. The number of anilines is 1. The molecular formula is C26H27F3N2O6. The predicted octanol–water partition coefficient (Wildman–Crippen LogP) is 5.49. The van der Waals surface area contributed by atoms with Crippen molar-refractivity contribution in [3.63, 3.8) is 0 Å². The van der Waals surface area contributed by atoms with Gasteiger partial charge in [-0.25, -0.2) is 9.78 Å². The molecule has 0 unspecified atom stereocenters. The van der Waals surface area contributed by atoms with E-state index >= 15 is 0 Å². The monoisotopic (exact) mass is 520 g/mol. The maximum Gasteiger partial charge on any atom is 0.433 e. The SMILES string of the molecule is CCOC(=O)c1c(OCc2ccc(OC)cc2)cc(C(F)(F)F)nc1NCc1ccc(OC)cc1OC. The number of hydrogen-bond donors (Lipinski definition) is 1. The molecule has 0 aliphatic carbocycles. The van der Waals surface area contributed by atoms with Gasteiger partial charge < -0.3 is 29.0 Å². The van der Waals surface area contributed by atoms with Crippen LogP contribution in [0.3, 0.4) is 0 Å². The molecule has 0 bridgehead atoms. The van der Waals surface area contributed by atoms with Crippen molar-refractivity contribution in [1.29, 1.82) is 0 Å². The van der Waals surface area contributed by atoms with E-state index in [1.807, 2.05) is 0 Å². The summed E-state index contributed by atoms with van der Waals surface area (Å²) >= 11 is 0. The number of pyridine rings is 1. The summed E-state index contributed by atoms with van der Waals surface area (Å²) in [5.41, 5.74) is -0.234. The van der Waals surface area contributed by atoms with Crippen molar-refractivity contribution < 1.29 is 41.7 Å². The third-order valence-corrected chi connectivity index (χ3v) is 5.25. The van der Waals surface area contributed by atoms with Gasteiger partial charge in [-0.05, 0) is 36.8 Å². The van der Waals surface area contributed by atoms with Gasteiger partial charge >= 0.3 is 12.1 Å². The molecule has 0 saturated heterocycles. The topological polar surface area (TPSA) is 88.1 Å². The second-order valence-corrected chi connectivity index (χ2v) is 7.62. The summed E-state index contributed by atoms with van der Waals surface area (Å²) in [5, 5.41) is 2.82. The van der Waals surface area contributed by atoms with Crippen LogP contribution in [0.5, 0.6) is 23.0 Å². The second kappa shape index (κ2) is 12.2. The maximum atomic E-state index is 13.7. The number of benzene rings is 2. The minimum absolute atomic E-state index is 0.00349. The molecule has 0 aliphatic heterocycles. The van der Waals surface area contributed by atoms with Gasteiger partial charge in [0.1, 0.15) is 41.0 Å². The number of ether oxygens (including phenoxy) is 5. The smallest absolute Gasteiger partial charge is 0.433 e. The molecule has 0 amide bonds. The quantitative estimate of drug-likeness (QED) is 0.332. The Morgan fingerprint density at radius 1 is 0.919 bits per heavy atom. The molecule has 0 radical (unpaired) electrons. The largest absolute Gasteiger partial charge is 0.497 e. The summed E-state index contributed by atoms with van der Waals surface area (Å²) in [7, 11) is 4.47. The third kappa shape index (κ3) is 6.96. The van der Waals surface area contributed by atoms with E-state index in [0.717, 1.165) is 0 Å². The Hall–Kier alpha value is -4.15. The number of nitrogens with one attached hydrogen (secondary N) is 1. The van der Waals surface area contributed by atoms with E-state index in [-0.39, 0.29) is 36.9 Å². The fraction of sp³-hybridized carbons (Fsp3) is 0.308. The van der Waals surface area contributed by atoms with Crippen molar-refractivity contribution in [3.8, 4) is 23.0 Å². The van der Waals surface area contributed by atoms with Crippen LogP contribution in [0.4, 0.5) is 19.0 Å². The summed E-state index contributed by atoms with van der Waals surface area (Å²) in [5.74, 6) is 0.0562. The Morgan fingerprint density at radius 2 is 1.59 bits per heavy atom. The van der Waals surface area contributed by atoms with E-state index in [4.69, 9.17) is 23.7 Å². The number of carbonyl (C=O) groups is 1. The number of carbonyl (C=O) groups excluding carboxylic acids is 1. The van der Waals surface area contributed by atoms with Gasteiger partial charge in [-0.15, -0.1) is 0 Å². The number of methoxy groups -OCH3 is 3. The number of esters is 1. The minimum atomic E-state index is -4.79. The predicted molar refractivity (Wildman–Crippen MR) is 129 cm³/mol. The van der Waals surface area contributed by atoms with Crippen LogP contribution >= 0.6 is 0 Å². The van der Waals surface area contributed by atoms with E-state index < -0.39 is 17.8 Å². The Bertz CT molecular complexity index is 1220. The molecule has 1 aromatic heterocycles. The van der Waals surface area contributed by atoms with E-state index in [9.17, 15) is 18.0 Å². The fourth-order valence-corrected chi connectivity index (χ4v) is 3.37. The number of aromatic nitrogens is 1. The molecule has 0 saturated carbocycles. The van der Waals surface area contributed by atoms with Crippen LogP contribution in [0.1, 0.15) is 34.1 Å². The highest BCUT2D eigenvalue weighted by Crippen LogP contribution is 2.36. The molecule has 3 rings (SSSR count). The van der Waals surface area contributed by atoms with Crippen molar-refractivity contribution in [1.82, 2.24) is 4.98 Å². The number of nitrogens with zero attached hydrogens (tertiary/aromatic N) is 1. The summed E-state index contributed by atoms with van der Waals surface area (Å²) in [6, 6.07) is 12.5. The summed E-state index contributed by atoms with van der Waals surface area (Å²) in [6.07, 6.45) is -4.79. The molecule has 11 heteroatoms. The molecule has 2 aromatic carbocycles. The zero-order valence-corrected chi connectivity index (χ0v) is 20.8. The molecule has 198 valence electrons. The molecule has 3 aromatic rings. The van der Waals surface area contributed by atoms with Gasteiger partial charge in [-0.2, -0.15) is 13.2 Å². The second-order valence-electron chi connectivity index (χ2n) is 7.62. The van der Waals surface area contributed by atoms with Crippen LogP contribution in [0.15, 0.2) is 48.5 Å². The van der Waals surface area contributed by atoms with Crippen molar-refractivity contribution >= 4 is 11.8 Å². The van der Waals surface area contributed by atoms with Crippen LogP contribution < -0.4 is 24.3 Å². The van der Waals surface area contributed by atoms with E-state index in [1.165, 1.54) is 21.3 Å². The van der Waals surface area contributed by atoms with Gasteiger partial charge in [0.2, 0.25) is 0 Å². The highest BCUT2D eigenvalue weighted by atomic mass is 19.4. The zero-order chi connectivity index (χ0) is 27.0. The van der Waals surface area contributed by atoms with Crippen molar-refractivity contribution in [2.75, 3.05) is 33.3 Å². The number of alkyl halides is 3. The van der Waals surface area contributed by atoms with E-state index in [0.29, 0.717) is 34.4 Å². The van der Waals surface area contributed by atoms with E-state index in [2.05, 4.69) is 10.3 Å². The van der Waals surface area contributed by atoms with Gasteiger partial charge in [0.25, 0.3) is 0 Å². The van der Waals surface area contributed by atoms with Gasteiger partial charge in [0.05, 0.1) is 27.9 Å². The lowest BCUT2D eigenvalue weighted by molar-refractivity contribution is -0.141. The minimum Gasteiger partial charge on any atom is -0.497 e. The standard InChI is InChI=1S/C26H27F3N2O6/c1-5-36-25(32)23-21(37-15-16-6-9-18(33-2)10-7-16)13-22(26(27,28)29)31-24(23)30-14-17-8-11-19(34-3)12-20(17)35-4/h6-13H,5,14-15H2,1-4H3,(H,30,31). The molecule has 37 heavy (non-hydrogen) atoms. The third-order valence-electron chi connectivity index (χ3n) is 5.25. The summed E-state index contributed by atoms with van der Waals surface area (Å²) in [4.78, 5) is 16.5. The van der Waals surface area contributed by atoms with Crippen molar-refractivity contribution in [2.45, 2.75) is 26.3 Å². The maximum absolute atomic E-state index is 13.7. The van der Waals surface area contributed by atoms with Crippen molar-refractivity contribution in [2.24, 2.45) is 0 Å². The average molecular weight is 521 g/mol. The normalized spacial score (nSPS) is 11.0. The molecule has 1 N–H and O–H groups in total. The summed E-state index contributed by atoms with van der Waals surface area (Å²) < 4.78 is 67.6. The number of hydrogen-bond acceptors (Lipinski definition) is 8. The highest BCUT2D eigenvalue weighted by Gasteiger charge is 2.36. The Labute approximate surface area is 212 Å². The molecule has 0 spiro atoms. The fourth-order valence-electron chi connectivity index (χ4n) is 3.37. The van der Waals surface area contributed by atoms with Gasteiger partial charge in [0, 0.05) is 24.2 Å². The van der Waals surface area contributed by atoms with Gasteiger partial charge in [-0.1, -0.05) is 12.1 Å². The van der Waals surface area contributed by atoms with Crippen LogP contribution in [-0.2, 0) is 24.1 Å². The average Bonchev–Trinajstić information content (AvgIpc) is 2.90. The lowest BCUT2D eigenvalue weighted by Crippen LogP contribution is -2.18. The summed E-state index contributed by atoms with van der Waals surface area (Å²) in [6.45, 7) is 1.47. The zero-order valence-electron chi connectivity index (χ0n) is 20.8. The Kier molecular flexibility index (Phi) is 9.05. The Balaban J connectivity index is 2.01. The van der Waals surface area contributed by atoms with Crippen LogP contribution in [0.2, 0.25) is 0 Å².